The molecule has 1 heterocycles. The molecule has 1 aromatic heterocycles. The normalized spacial score (nSPS) is 11.0. The number of hydrogen-bond donors (Lipinski definition) is 1. The van der Waals surface area contributed by atoms with Gasteiger partial charge in [-0.25, -0.2) is 9.78 Å². The second-order valence-electron chi connectivity index (χ2n) is 6.63. The molecule has 0 saturated carbocycles. The minimum atomic E-state index is -1.04. The summed E-state index contributed by atoms with van der Waals surface area (Å²) in [5.74, 6) is 0.0422. The van der Waals surface area contributed by atoms with Crippen LogP contribution in [-0.2, 0) is 17.0 Å². The van der Waals surface area contributed by atoms with Gasteiger partial charge in [-0.3, -0.25) is 0 Å². The zero-order valence-corrected chi connectivity index (χ0v) is 19.0. The number of aliphatic carboxylic acids is 1. The molecular weight excluding hydrogens is 453 g/mol. The number of carbonyl (C=O) groups is 1. The van der Waals surface area contributed by atoms with Gasteiger partial charge in [0.05, 0.1) is 22.3 Å². The SMILES string of the molecule is O=C(O)/C=C/c1nc(CSc2c(Cl)cccc2Cl)ccc1OCCCc1ccccc1. The molecule has 31 heavy (non-hydrogen) atoms. The Labute approximate surface area is 195 Å². The summed E-state index contributed by atoms with van der Waals surface area (Å²) in [6.07, 6.45) is 4.25. The number of carboxylic acids is 1. The topological polar surface area (TPSA) is 59.4 Å². The van der Waals surface area contributed by atoms with Crippen LogP contribution < -0.4 is 4.74 Å². The summed E-state index contributed by atoms with van der Waals surface area (Å²) >= 11 is 13.9. The van der Waals surface area contributed by atoms with Crippen molar-refractivity contribution in [2.75, 3.05) is 6.61 Å². The van der Waals surface area contributed by atoms with Gasteiger partial charge >= 0.3 is 5.97 Å². The van der Waals surface area contributed by atoms with E-state index in [9.17, 15) is 4.79 Å². The molecule has 0 aliphatic rings. The zero-order chi connectivity index (χ0) is 22.1. The van der Waals surface area contributed by atoms with Crippen molar-refractivity contribution >= 4 is 47.0 Å². The van der Waals surface area contributed by atoms with E-state index >= 15 is 0 Å². The monoisotopic (exact) mass is 473 g/mol. The van der Waals surface area contributed by atoms with Crippen molar-refractivity contribution in [3.63, 3.8) is 0 Å². The Morgan fingerprint density at radius 2 is 1.77 bits per heavy atom. The fourth-order valence-corrected chi connectivity index (χ4v) is 4.44. The van der Waals surface area contributed by atoms with E-state index < -0.39 is 5.97 Å². The van der Waals surface area contributed by atoms with Crippen LogP contribution in [0.2, 0.25) is 10.0 Å². The Balaban J connectivity index is 1.67. The number of aryl methyl sites for hydroxylation is 1. The molecule has 0 saturated heterocycles. The second kappa shape index (κ2) is 11.8. The number of ether oxygens (including phenoxy) is 1. The molecule has 0 fully saturated rings. The Morgan fingerprint density at radius 1 is 1.03 bits per heavy atom. The van der Waals surface area contributed by atoms with Crippen LogP contribution in [0.1, 0.15) is 23.4 Å². The minimum absolute atomic E-state index is 0.477. The molecule has 0 aliphatic carbocycles. The number of aromatic nitrogens is 1. The molecule has 4 nitrogen and oxygen atoms in total. The number of benzene rings is 2. The van der Waals surface area contributed by atoms with Crippen molar-refractivity contribution in [2.45, 2.75) is 23.5 Å². The summed E-state index contributed by atoms with van der Waals surface area (Å²) in [4.78, 5) is 16.3. The van der Waals surface area contributed by atoms with E-state index in [1.54, 1.807) is 18.2 Å². The lowest BCUT2D eigenvalue weighted by molar-refractivity contribution is -0.131. The first kappa shape index (κ1) is 23.2. The highest BCUT2D eigenvalue weighted by Gasteiger charge is 2.10. The van der Waals surface area contributed by atoms with Crippen molar-refractivity contribution in [3.05, 3.63) is 93.7 Å². The summed E-state index contributed by atoms with van der Waals surface area (Å²) in [5.41, 5.74) is 2.49. The summed E-state index contributed by atoms with van der Waals surface area (Å²) in [6.45, 7) is 0.508. The van der Waals surface area contributed by atoms with Crippen molar-refractivity contribution in [3.8, 4) is 5.75 Å². The summed E-state index contributed by atoms with van der Waals surface area (Å²) in [5, 5.41) is 10.2. The Bertz CT molecular complexity index is 1040. The van der Waals surface area contributed by atoms with E-state index in [1.807, 2.05) is 30.3 Å². The zero-order valence-electron chi connectivity index (χ0n) is 16.6. The van der Waals surface area contributed by atoms with E-state index in [-0.39, 0.29) is 0 Å². The Morgan fingerprint density at radius 3 is 2.48 bits per heavy atom. The average Bonchev–Trinajstić information content (AvgIpc) is 2.76. The van der Waals surface area contributed by atoms with Crippen LogP contribution in [0, 0.1) is 0 Å². The molecule has 0 radical (unpaired) electrons. The van der Waals surface area contributed by atoms with E-state index in [0.29, 0.717) is 33.8 Å². The molecule has 0 unspecified atom stereocenters. The number of rotatable bonds is 10. The van der Waals surface area contributed by atoms with Gasteiger partial charge in [-0.15, -0.1) is 11.8 Å². The summed E-state index contributed by atoms with van der Waals surface area (Å²) in [6, 6.07) is 19.2. The number of carboxylic acid groups (broad SMARTS) is 1. The van der Waals surface area contributed by atoms with Gasteiger partial charge in [-0.1, -0.05) is 59.6 Å². The van der Waals surface area contributed by atoms with Crippen molar-refractivity contribution in [2.24, 2.45) is 0 Å². The van der Waals surface area contributed by atoms with Crippen LogP contribution in [0.25, 0.3) is 6.08 Å². The van der Waals surface area contributed by atoms with Gasteiger partial charge in [0.15, 0.2) is 0 Å². The maximum absolute atomic E-state index is 11.0. The highest BCUT2D eigenvalue weighted by atomic mass is 35.5. The maximum atomic E-state index is 11.0. The molecule has 1 N–H and O–H groups in total. The standard InChI is InChI=1S/C24H21Cl2NO3S/c25-19-9-4-10-20(26)24(19)31-16-18-11-13-22(21(27-18)12-14-23(28)29)30-15-5-8-17-6-2-1-3-7-17/h1-4,6-7,9-14H,5,8,15-16H2,(H,28,29)/b14-12+. The molecule has 0 bridgehead atoms. The van der Waals surface area contributed by atoms with E-state index in [1.165, 1.54) is 23.4 Å². The lowest BCUT2D eigenvalue weighted by atomic mass is 10.1. The lowest BCUT2D eigenvalue weighted by Crippen LogP contribution is -2.03. The number of hydrogen-bond acceptors (Lipinski definition) is 4. The first-order chi connectivity index (χ1) is 15.0. The second-order valence-corrected chi connectivity index (χ2v) is 8.43. The van der Waals surface area contributed by atoms with Gasteiger partial charge in [-0.2, -0.15) is 0 Å². The highest BCUT2D eigenvalue weighted by Crippen LogP contribution is 2.35. The largest absolute Gasteiger partial charge is 0.491 e. The van der Waals surface area contributed by atoms with Crippen LogP contribution >= 0.6 is 35.0 Å². The molecule has 0 amide bonds. The van der Waals surface area contributed by atoms with Crippen molar-refractivity contribution in [1.82, 2.24) is 4.98 Å². The summed E-state index contributed by atoms with van der Waals surface area (Å²) in [7, 11) is 0. The summed E-state index contributed by atoms with van der Waals surface area (Å²) < 4.78 is 5.89. The number of thioether (sulfide) groups is 1. The Kier molecular flexibility index (Phi) is 8.83. The molecule has 160 valence electrons. The molecular formula is C24H21Cl2NO3S. The molecule has 7 heteroatoms. The fourth-order valence-electron chi connectivity index (χ4n) is 2.85. The van der Waals surface area contributed by atoms with Gasteiger partial charge in [0.2, 0.25) is 0 Å². The molecule has 3 rings (SSSR count). The van der Waals surface area contributed by atoms with Crippen LogP contribution in [-0.4, -0.2) is 22.7 Å². The van der Waals surface area contributed by atoms with Gasteiger partial charge < -0.3 is 9.84 Å². The maximum Gasteiger partial charge on any atom is 0.328 e. The third-order valence-electron chi connectivity index (χ3n) is 4.32. The number of pyridine rings is 1. The number of nitrogens with zero attached hydrogens (tertiary/aromatic N) is 1. The third kappa shape index (κ3) is 7.31. The molecule has 2 aromatic carbocycles. The molecule has 0 atom stereocenters. The first-order valence-electron chi connectivity index (χ1n) is 9.67. The van der Waals surface area contributed by atoms with Crippen LogP contribution in [0.15, 0.2) is 71.6 Å². The fraction of sp³-hybridized carbons (Fsp3) is 0.167. The highest BCUT2D eigenvalue weighted by molar-refractivity contribution is 7.98. The smallest absolute Gasteiger partial charge is 0.328 e. The predicted octanol–water partition coefficient (Wildman–Crippen LogP) is 6.79. The van der Waals surface area contributed by atoms with Crippen LogP contribution in [0.3, 0.4) is 0 Å². The average molecular weight is 474 g/mol. The quantitative estimate of drug-likeness (QED) is 0.199. The molecule has 0 spiro atoms. The first-order valence-corrected chi connectivity index (χ1v) is 11.4. The third-order valence-corrected chi connectivity index (χ3v) is 6.34. The van der Waals surface area contributed by atoms with E-state index in [0.717, 1.165) is 29.5 Å². The van der Waals surface area contributed by atoms with E-state index in [4.69, 9.17) is 33.0 Å². The lowest BCUT2D eigenvalue weighted by Gasteiger charge is -2.11. The van der Waals surface area contributed by atoms with Gasteiger partial charge in [0.1, 0.15) is 11.4 Å². The van der Waals surface area contributed by atoms with Gasteiger partial charge in [0, 0.05) is 16.7 Å². The molecule has 3 aromatic rings. The number of halogens is 2. The predicted molar refractivity (Wildman–Crippen MR) is 127 cm³/mol. The van der Waals surface area contributed by atoms with Crippen molar-refractivity contribution < 1.29 is 14.6 Å². The van der Waals surface area contributed by atoms with Crippen molar-refractivity contribution in [1.29, 1.82) is 0 Å². The minimum Gasteiger partial charge on any atom is -0.491 e. The van der Waals surface area contributed by atoms with E-state index in [2.05, 4.69) is 17.1 Å². The Hall–Kier alpha value is -2.47. The van der Waals surface area contributed by atoms with Crippen LogP contribution in [0.4, 0.5) is 0 Å². The van der Waals surface area contributed by atoms with Gasteiger partial charge in [0.25, 0.3) is 0 Å². The van der Waals surface area contributed by atoms with Gasteiger partial charge in [-0.05, 0) is 48.7 Å². The van der Waals surface area contributed by atoms with Crippen LogP contribution in [0.5, 0.6) is 5.75 Å². The molecule has 0 aliphatic heterocycles.